The molecule has 19 heavy (non-hydrogen) atoms. The third-order valence-electron chi connectivity index (χ3n) is 2.13. The second kappa shape index (κ2) is 5.37. The van der Waals surface area contributed by atoms with Crippen LogP contribution in [0.4, 0.5) is 11.4 Å². The Bertz CT molecular complexity index is 653. The summed E-state index contributed by atoms with van der Waals surface area (Å²) >= 11 is 8.94. The average Bonchev–Trinajstić information content (AvgIpc) is 2.37. The molecular formula is C10H6BrClN4O3. The van der Waals surface area contributed by atoms with E-state index in [0.717, 1.165) is 0 Å². The van der Waals surface area contributed by atoms with Gasteiger partial charge in [-0.05, 0) is 22.0 Å². The lowest BCUT2D eigenvalue weighted by molar-refractivity contribution is -0.384. The molecule has 0 aliphatic rings. The van der Waals surface area contributed by atoms with E-state index >= 15 is 0 Å². The molecule has 2 rings (SSSR count). The first-order chi connectivity index (χ1) is 8.99. The van der Waals surface area contributed by atoms with E-state index in [0.29, 0.717) is 4.47 Å². The zero-order valence-corrected chi connectivity index (χ0v) is 11.6. The Morgan fingerprint density at radius 2 is 2.16 bits per heavy atom. The van der Waals surface area contributed by atoms with Crippen molar-refractivity contribution in [1.82, 2.24) is 9.97 Å². The molecule has 2 N–H and O–H groups in total. The molecule has 0 amide bonds. The summed E-state index contributed by atoms with van der Waals surface area (Å²) < 4.78 is 5.92. The van der Waals surface area contributed by atoms with E-state index in [2.05, 4.69) is 25.9 Å². The lowest BCUT2D eigenvalue weighted by atomic mass is 10.3. The number of non-ortho nitro benzene ring substituents is 1. The van der Waals surface area contributed by atoms with Gasteiger partial charge in [0.1, 0.15) is 12.0 Å². The first-order valence-corrected chi connectivity index (χ1v) is 6.04. The number of ether oxygens (including phenoxy) is 1. The van der Waals surface area contributed by atoms with E-state index in [-0.39, 0.29) is 28.2 Å². The van der Waals surface area contributed by atoms with E-state index in [1.54, 1.807) is 0 Å². The normalized spacial score (nSPS) is 10.2. The molecule has 7 nitrogen and oxygen atoms in total. The Labute approximate surface area is 120 Å². The SMILES string of the molecule is Nc1c(Cl)ncnc1Oc1cc([N+](=O)[O-])ccc1Br. The molecule has 1 aromatic carbocycles. The van der Waals surface area contributed by atoms with Crippen LogP contribution in [-0.2, 0) is 0 Å². The highest BCUT2D eigenvalue weighted by atomic mass is 79.9. The van der Waals surface area contributed by atoms with Gasteiger partial charge in [0.05, 0.1) is 15.5 Å². The summed E-state index contributed by atoms with van der Waals surface area (Å²) in [6, 6.07) is 4.08. The van der Waals surface area contributed by atoms with Crippen molar-refractivity contribution in [2.24, 2.45) is 0 Å². The first kappa shape index (κ1) is 13.5. The number of nitrogens with zero attached hydrogens (tertiary/aromatic N) is 3. The van der Waals surface area contributed by atoms with Crippen LogP contribution in [0.1, 0.15) is 0 Å². The van der Waals surface area contributed by atoms with Crippen LogP contribution in [0.2, 0.25) is 5.15 Å². The van der Waals surface area contributed by atoms with Crippen molar-refractivity contribution in [1.29, 1.82) is 0 Å². The summed E-state index contributed by atoms with van der Waals surface area (Å²) in [4.78, 5) is 17.7. The van der Waals surface area contributed by atoms with Gasteiger partial charge in [-0.1, -0.05) is 11.6 Å². The smallest absolute Gasteiger partial charge is 0.273 e. The number of nitro benzene ring substituents is 1. The maximum Gasteiger partial charge on any atom is 0.273 e. The summed E-state index contributed by atoms with van der Waals surface area (Å²) in [5.74, 6) is 0.233. The van der Waals surface area contributed by atoms with Crippen molar-refractivity contribution in [3.8, 4) is 11.6 Å². The van der Waals surface area contributed by atoms with Gasteiger partial charge in [0.15, 0.2) is 10.9 Å². The number of nitrogen functional groups attached to an aromatic ring is 1. The van der Waals surface area contributed by atoms with Crippen molar-refractivity contribution in [3.63, 3.8) is 0 Å². The van der Waals surface area contributed by atoms with Gasteiger partial charge in [0.25, 0.3) is 5.69 Å². The van der Waals surface area contributed by atoms with Crippen LogP contribution in [-0.4, -0.2) is 14.9 Å². The second-order valence-electron chi connectivity index (χ2n) is 3.36. The Morgan fingerprint density at radius 3 is 2.84 bits per heavy atom. The van der Waals surface area contributed by atoms with Crippen molar-refractivity contribution in [3.05, 3.63) is 44.3 Å². The molecule has 0 aliphatic carbocycles. The van der Waals surface area contributed by atoms with Crippen LogP contribution < -0.4 is 10.5 Å². The number of nitrogens with two attached hydrogens (primary N) is 1. The molecule has 1 heterocycles. The van der Waals surface area contributed by atoms with E-state index in [1.807, 2.05) is 0 Å². The Hall–Kier alpha value is -1.93. The summed E-state index contributed by atoms with van der Waals surface area (Å²) in [6.07, 6.45) is 1.18. The summed E-state index contributed by atoms with van der Waals surface area (Å²) in [5.41, 5.74) is 5.59. The van der Waals surface area contributed by atoms with Gasteiger partial charge in [-0.25, -0.2) is 4.98 Å². The summed E-state index contributed by atoms with van der Waals surface area (Å²) in [5, 5.41) is 10.7. The predicted molar refractivity (Wildman–Crippen MR) is 72.3 cm³/mol. The lowest BCUT2D eigenvalue weighted by Crippen LogP contribution is -1.98. The van der Waals surface area contributed by atoms with Gasteiger partial charge in [-0.15, -0.1) is 0 Å². The topological polar surface area (TPSA) is 104 Å². The Balaban J connectivity index is 2.40. The third-order valence-corrected chi connectivity index (χ3v) is 3.09. The zero-order valence-electron chi connectivity index (χ0n) is 9.21. The largest absolute Gasteiger partial charge is 0.435 e. The van der Waals surface area contributed by atoms with Gasteiger partial charge in [-0.2, -0.15) is 4.98 Å². The van der Waals surface area contributed by atoms with Crippen LogP contribution in [0.25, 0.3) is 0 Å². The fraction of sp³-hybridized carbons (Fsp3) is 0. The fourth-order valence-corrected chi connectivity index (χ4v) is 1.68. The van der Waals surface area contributed by atoms with E-state index < -0.39 is 4.92 Å². The van der Waals surface area contributed by atoms with Crippen LogP contribution in [0.3, 0.4) is 0 Å². The molecule has 0 spiro atoms. The van der Waals surface area contributed by atoms with E-state index in [1.165, 1.54) is 24.5 Å². The maximum atomic E-state index is 10.7. The number of halogens is 2. The molecule has 0 aliphatic heterocycles. The minimum atomic E-state index is -0.532. The van der Waals surface area contributed by atoms with Crippen LogP contribution >= 0.6 is 27.5 Å². The molecule has 0 unspecified atom stereocenters. The van der Waals surface area contributed by atoms with Crippen molar-refractivity contribution in [2.75, 3.05) is 5.73 Å². The van der Waals surface area contributed by atoms with Crippen LogP contribution in [0, 0.1) is 10.1 Å². The number of aromatic nitrogens is 2. The number of hydrogen-bond donors (Lipinski definition) is 1. The van der Waals surface area contributed by atoms with Gasteiger partial charge < -0.3 is 10.5 Å². The summed E-state index contributed by atoms with van der Waals surface area (Å²) in [7, 11) is 0. The molecule has 2 aromatic rings. The molecule has 0 saturated carbocycles. The quantitative estimate of drug-likeness (QED) is 0.520. The highest BCUT2D eigenvalue weighted by Gasteiger charge is 2.14. The van der Waals surface area contributed by atoms with E-state index in [9.17, 15) is 10.1 Å². The number of rotatable bonds is 3. The Morgan fingerprint density at radius 1 is 1.42 bits per heavy atom. The Kier molecular flexibility index (Phi) is 3.82. The van der Waals surface area contributed by atoms with Crippen molar-refractivity contribution in [2.45, 2.75) is 0 Å². The highest BCUT2D eigenvalue weighted by Crippen LogP contribution is 2.35. The summed E-state index contributed by atoms with van der Waals surface area (Å²) in [6.45, 7) is 0. The number of anilines is 1. The van der Waals surface area contributed by atoms with Gasteiger partial charge >= 0.3 is 0 Å². The standard InChI is InChI=1S/C10H6BrClN4O3/c11-6-2-1-5(16(17)18)3-7(6)19-10-8(13)9(12)14-4-15-10/h1-4H,13H2. The zero-order chi connectivity index (χ0) is 14.0. The first-order valence-electron chi connectivity index (χ1n) is 4.87. The minimum Gasteiger partial charge on any atom is -0.435 e. The fourth-order valence-electron chi connectivity index (χ4n) is 1.23. The van der Waals surface area contributed by atoms with Gasteiger partial charge in [0, 0.05) is 6.07 Å². The minimum absolute atomic E-state index is 0.0289. The van der Waals surface area contributed by atoms with Crippen LogP contribution in [0.5, 0.6) is 11.6 Å². The lowest BCUT2D eigenvalue weighted by Gasteiger charge is -2.08. The molecule has 98 valence electrons. The van der Waals surface area contributed by atoms with E-state index in [4.69, 9.17) is 22.1 Å². The van der Waals surface area contributed by atoms with Crippen molar-refractivity contribution < 1.29 is 9.66 Å². The molecule has 0 atom stereocenters. The molecule has 0 fully saturated rings. The molecule has 0 saturated heterocycles. The average molecular weight is 346 g/mol. The molecule has 9 heteroatoms. The highest BCUT2D eigenvalue weighted by molar-refractivity contribution is 9.10. The third kappa shape index (κ3) is 2.91. The molecular weight excluding hydrogens is 339 g/mol. The van der Waals surface area contributed by atoms with Crippen molar-refractivity contribution >= 4 is 38.9 Å². The number of nitro groups is 1. The molecule has 1 aromatic heterocycles. The van der Waals surface area contributed by atoms with Gasteiger partial charge in [-0.3, -0.25) is 10.1 Å². The molecule has 0 bridgehead atoms. The second-order valence-corrected chi connectivity index (χ2v) is 4.57. The predicted octanol–water partition coefficient (Wildman–Crippen LogP) is 3.18. The number of benzene rings is 1. The maximum absolute atomic E-state index is 10.7. The molecule has 0 radical (unpaired) electrons. The van der Waals surface area contributed by atoms with Gasteiger partial charge in [0.2, 0.25) is 5.88 Å². The van der Waals surface area contributed by atoms with Crippen LogP contribution in [0.15, 0.2) is 29.0 Å². The monoisotopic (exact) mass is 344 g/mol. The number of hydrogen-bond acceptors (Lipinski definition) is 6.